The number of amides is 1. The van der Waals surface area contributed by atoms with Crippen LogP contribution in [-0.4, -0.2) is 32.4 Å². The molecule has 0 unspecified atom stereocenters. The summed E-state index contributed by atoms with van der Waals surface area (Å²) in [4.78, 5) is 22.9. The summed E-state index contributed by atoms with van der Waals surface area (Å²) in [6, 6.07) is 17.7. The van der Waals surface area contributed by atoms with Crippen LogP contribution in [0.15, 0.2) is 71.6 Å². The molecule has 4 rings (SSSR count). The van der Waals surface area contributed by atoms with Crippen LogP contribution in [-0.2, 0) is 21.2 Å². The number of nitrogens with one attached hydrogen (secondary N) is 1. The first kappa shape index (κ1) is 22.3. The van der Waals surface area contributed by atoms with E-state index < -0.39 is 20.9 Å². The topological polar surface area (TPSA) is 119 Å². The molecule has 3 aromatic rings. The molecule has 0 spiro atoms. The van der Waals surface area contributed by atoms with Gasteiger partial charge in [0.2, 0.25) is 0 Å². The van der Waals surface area contributed by atoms with Gasteiger partial charge in [0.15, 0.2) is 6.61 Å². The largest absolute Gasteiger partial charge is 0.484 e. The van der Waals surface area contributed by atoms with Crippen LogP contribution in [0.25, 0.3) is 0 Å². The molecule has 1 amide bonds. The molecule has 0 fully saturated rings. The zero-order chi connectivity index (χ0) is 23.6. The molecule has 0 aromatic heterocycles. The van der Waals surface area contributed by atoms with Crippen molar-refractivity contribution in [1.82, 2.24) is 0 Å². The highest BCUT2D eigenvalue weighted by Gasteiger charge is 2.30. The SMILES string of the molecule is Cc1c(NC(=O)COc2ccc(S(=O)(=O)N3CCc4ccccc43)cc2)cccc1[N+](=O)[O-]. The van der Waals surface area contributed by atoms with Gasteiger partial charge in [-0.15, -0.1) is 0 Å². The number of anilines is 2. The first-order valence-electron chi connectivity index (χ1n) is 10.1. The van der Waals surface area contributed by atoms with E-state index in [9.17, 15) is 23.3 Å². The maximum absolute atomic E-state index is 13.1. The van der Waals surface area contributed by atoms with Crippen LogP contribution in [0.3, 0.4) is 0 Å². The van der Waals surface area contributed by atoms with Gasteiger partial charge in [0, 0.05) is 12.6 Å². The van der Waals surface area contributed by atoms with Crippen molar-refractivity contribution in [2.24, 2.45) is 0 Å². The number of rotatable bonds is 7. The second-order valence-corrected chi connectivity index (χ2v) is 9.33. The number of hydrogen-bond acceptors (Lipinski definition) is 6. The predicted octanol–water partition coefficient (Wildman–Crippen LogP) is 3.67. The van der Waals surface area contributed by atoms with Gasteiger partial charge < -0.3 is 10.1 Å². The quantitative estimate of drug-likeness (QED) is 0.418. The zero-order valence-electron chi connectivity index (χ0n) is 17.7. The zero-order valence-corrected chi connectivity index (χ0v) is 18.5. The minimum Gasteiger partial charge on any atom is -0.484 e. The Hall–Kier alpha value is -3.92. The Morgan fingerprint density at radius 1 is 1.09 bits per heavy atom. The average molecular weight is 468 g/mol. The number of sulfonamides is 1. The molecule has 33 heavy (non-hydrogen) atoms. The molecule has 0 aliphatic carbocycles. The highest BCUT2D eigenvalue weighted by atomic mass is 32.2. The monoisotopic (exact) mass is 467 g/mol. The molecule has 1 aliphatic rings. The van der Waals surface area contributed by atoms with Crippen LogP contribution in [0.1, 0.15) is 11.1 Å². The van der Waals surface area contributed by atoms with Crippen molar-refractivity contribution < 1.29 is 22.9 Å². The smallest absolute Gasteiger partial charge is 0.274 e. The molecule has 10 heteroatoms. The van der Waals surface area contributed by atoms with Crippen molar-refractivity contribution in [3.8, 4) is 5.75 Å². The number of nitrogens with zero attached hydrogens (tertiary/aromatic N) is 2. The van der Waals surface area contributed by atoms with Gasteiger partial charge >= 0.3 is 0 Å². The molecular weight excluding hydrogens is 446 g/mol. The molecule has 1 aliphatic heterocycles. The summed E-state index contributed by atoms with van der Waals surface area (Å²) in [5.74, 6) is -0.175. The van der Waals surface area contributed by atoms with E-state index in [0.29, 0.717) is 35.7 Å². The van der Waals surface area contributed by atoms with E-state index in [1.165, 1.54) is 40.7 Å². The molecule has 0 bridgehead atoms. The third-order valence-electron chi connectivity index (χ3n) is 5.40. The molecule has 0 radical (unpaired) electrons. The summed E-state index contributed by atoms with van der Waals surface area (Å²) in [7, 11) is -3.71. The van der Waals surface area contributed by atoms with Crippen molar-refractivity contribution in [2.75, 3.05) is 22.8 Å². The van der Waals surface area contributed by atoms with E-state index in [-0.39, 0.29) is 17.2 Å². The van der Waals surface area contributed by atoms with Crippen LogP contribution in [0.2, 0.25) is 0 Å². The van der Waals surface area contributed by atoms with Gasteiger partial charge in [-0.1, -0.05) is 24.3 Å². The normalized spacial score (nSPS) is 12.8. The van der Waals surface area contributed by atoms with Crippen molar-refractivity contribution in [2.45, 2.75) is 18.2 Å². The van der Waals surface area contributed by atoms with Crippen LogP contribution in [0.5, 0.6) is 5.75 Å². The highest BCUT2D eigenvalue weighted by Crippen LogP contribution is 2.33. The van der Waals surface area contributed by atoms with Crippen molar-refractivity contribution in [3.63, 3.8) is 0 Å². The number of hydrogen-bond donors (Lipinski definition) is 1. The van der Waals surface area contributed by atoms with E-state index in [4.69, 9.17) is 4.74 Å². The Kier molecular flexibility index (Phi) is 6.01. The number of carbonyl (C=O) groups excluding carboxylic acids is 1. The lowest BCUT2D eigenvalue weighted by molar-refractivity contribution is -0.385. The second kappa shape index (κ2) is 8.91. The second-order valence-electron chi connectivity index (χ2n) is 7.47. The summed E-state index contributed by atoms with van der Waals surface area (Å²) in [5, 5.41) is 13.6. The minimum atomic E-state index is -3.71. The van der Waals surface area contributed by atoms with Crippen molar-refractivity contribution in [3.05, 3.63) is 88.0 Å². The molecular formula is C23H21N3O6S. The number of nitro groups is 1. The molecule has 1 heterocycles. The lowest BCUT2D eigenvalue weighted by Crippen LogP contribution is -2.29. The van der Waals surface area contributed by atoms with Crippen molar-refractivity contribution >= 4 is 33.0 Å². The van der Waals surface area contributed by atoms with E-state index in [1.54, 1.807) is 19.1 Å². The maximum Gasteiger partial charge on any atom is 0.274 e. The van der Waals surface area contributed by atoms with Gasteiger partial charge in [-0.3, -0.25) is 19.2 Å². The standard InChI is InChI=1S/C23H21N3O6S/c1-16-20(6-4-8-21(16)26(28)29)24-23(27)15-32-18-9-11-19(12-10-18)33(30,31)25-14-13-17-5-2-3-7-22(17)25/h2-12H,13-15H2,1H3,(H,24,27). The lowest BCUT2D eigenvalue weighted by Gasteiger charge is -2.19. The molecule has 0 saturated heterocycles. The van der Waals surface area contributed by atoms with Crippen LogP contribution >= 0.6 is 0 Å². The van der Waals surface area contributed by atoms with Crippen LogP contribution < -0.4 is 14.4 Å². The fourth-order valence-electron chi connectivity index (χ4n) is 3.68. The van der Waals surface area contributed by atoms with E-state index >= 15 is 0 Å². The molecule has 170 valence electrons. The number of para-hydroxylation sites is 1. The van der Waals surface area contributed by atoms with Gasteiger partial charge in [-0.2, -0.15) is 0 Å². The number of benzene rings is 3. The Balaban J connectivity index is 1.40. The number of carbonyl (C=O) groups is 1. The van der Waals surface area contributed by atoms with Gasteiger partial charge in [-0.05, 0) is 55.3 Å². The first-order chi connectivity index (χ1) is 15.8. The highest BCUT2D eigenvalue weighted by molar-refractivity contribution is 7.92. The first-order valence-corrected chi connectivity index (χ1v) is 11.6. The van der Waals surface area contributed by atoms with Crippen molar-refractivity contribution in [1.29, 1.82) is 0 Å². The maximum atomic E-state index is 13.1. The fraction of sp³-hybridized carbons (Fsp3) is 0.174. The van der Waals surface area contributed by atoms with E-state index in [2.05, 4.69) is 5.32 Å². The Bertz CT molecular complexity index is 1320. The molecule has 1 N–H and O–H groups in total. The van der Waals surface area contributed by atoms with E-state index in [0.717, 1.165) is 5.56 Å². The minimum absolute atomic E-state index is 0.0915. The van der Waals surface area contributed by atoms with Gasteiger partial charge in [0.05, 0.1) is 26.8 Å². The summed E-state index contributed by atoms with van der Waals surface area (Å²) in [5.41, 5.74) is 2.25. The average Bonchev–Trinajstić information content (AvgIpc) is 3.24. The summed E-state index contributed by atoms with van der Waals surface area (Å²) < 4.78 is 33.0. The fourth-order valence-corrected chi connectivity index (χ4v) is 5.19. The third kappa shape index (κ3) is 4.51. The molecule has 0 saturated carbocycles. The molecule has 3 aromatic carbocycles. The molecule has 9 nitrogen and oxygen atoms in total. The lowest BCUT2D eigenvalue weighted by atomic mass is 10.1. The number of fused-ring (bicyclic) bond motifs is 1. The predicted molar refractivity (Wildman–Crippen MR) is 123 cm³/mol. The Morgan fingerprint density at radius 2 is 1.82 bits per heavy atom. The number of nitro benzene ring substituents is 1. The Labute approximate surface area is 190 Å². The van der Waals surface area contributed by atoms with Gasteiger partial charge in [0.1, 0.15) is 5.75 Å². The van der Waals surface area contributed by atoms with E-state index in [1.807, 2.05) is 18.2 Å². The summed E-state index contributed by atoms with van der Waals surface area (Å²) in [6.07, 6.45) is 0.662. The summed E-state index contributed by atoms with van der Waals surface area (Å²) >= 11 is 0. The van der Waals surface area contributed by atoms with Crippen LogP contribution in [0.4, 0.5) is 17.1 Å². The Morgan fingerprint density at radius 3 is 2.55 bits per heavy atom. The number of ether oxygens (including phenoxy) is 1. The van der Waals surface area contributed by atoms with Gasteiger partial charge in [0.25, 0.3) is 21.6 Å². The third-order valence-corrected chi connectivity index (χ3v) is 7.23. The van der Waals surface area contributed by atoms with Crippen LogP contribution in [0, 0.1) is 17.0 Å². The molecule has 0 atom stereocenters. The summed E-state index contributed by atoms with van der Waals surface area (Å²) in [6.45, 7) is 1.59. The van der Waals surface area contributed by atoms with Gasteiger partial charge in [-0.25, -0.2) is 8.42 Å².